The summed E-state index contributed by atoms with van der Waals surface area (Å²) >= 11 is 0. The van der Waals surface area contributed by atoms with Crippen LogP contribution >= 0.6 is 0 Å². The minimum atomic E-state index is 0.208. The van der Waals surface area contributed by atoms with Crippen LogP contribution in [0.3, 0.4) is 0 Å². The molecule has 10 nitrogen and oxygen atoms in total. The molecule has 0 amide bonds. The van der Waals surface area contributed by atoms with Crippen LogP contribution in [0.2, 0.25) is 0 Å². The molecule has 5 rings (SSSR count). The standard InChI is InChI=1S/C38H36N6O4/c45-39-35(29-13-5-1-6-14-29)25-43(26-36(40-46)30-15-7-2-8-16-30)33-21-23-34(24-22-33)44(27-37(41-47)31-17-9-3-10-18-31)28-38(42-48)32-19-11-4-12-20-32/h1-24,45-48H,25-28H2/b39-35-,40-36-,41-37-,42-38+. The molecule has 0 bridgehead atoms. The summed E-state index contributed by atoms with van der Waals surface area (Å²) in [7, 11) is 0. The largest absolute Gasteiger partial charge is 0.411 e. The predicted octanol–water partition coefficient (Wildman–Crippen LogP) is 6.81. The number of oxime groups is 4. The highest BCUT2D eigenvalue weighted by molar-refractivity contribution is 6.08. The Labute approximate surface area is 279 Å². The maximum Gasteiger partial charge on any atom is 0.106 e. The van der Waals surface area contributed by atoms with Gasteiger partial charge in [-0.2, -0.15) is 0 Å². The van der Waals surface area contributed by atoms with Gasteiger partial charge in [0.25, 0.3) is 0 Å². The highest BCUT2D eigenvalue weighted by Gasteiger charge is 2.20. The Bertz CT molecular complexity index is 1600. The fourth-order valence-electron chi connectivity index (χ4n) is 5.32. The Hall–Kier alpha value is -6.42. The Morgan fingerprint density at radius 2 is 0.542 bits per heavy atom. The first-order valence-electron chi connectivity index (χ1n) is 15.3. The number of benzene rings is 5. The molecule has 0 saturated carbocycles. The third kappa shape index (κ3) is 8.43. The van der Waals surface area contributed by atoms with E-state index in [0.29, 0.717) is 22.8 Å². The van der Waals surface area contributed by atoms with Crippen LogP contribution in [0.25, 0.3) is 0 Å². The monoisotopic (exact) mass is 640 g/mol. The van der Waals surface area contributed by atoms with Gasteiger partial charge < -0.3 is 30.6 Å². The van der Waals surface area contributed by atoms with Crippen LogP contribution in [0.4, 0.5) is 11.4 Å². The summed E-state index contributed by atoms with van der Waals surface area (Å²) in [5.74, 6) is 0. The van der Waals surface area contributed by atoms with Gasteiger partial charge in [-0.15, -0.1) is 0 Å². The average Bonchev–Trinajstić information content (AvgIpc) is 3.16. The van der Waals surface area contributed by atoms with Crippen molar-refractivity contribution < 1.29 is 20.8 Å². The molecule has 0 unspecified atom stereocenters. The lowest BCUT2D eigenvalue weighted by Gasteiger charge is -2.28. The minimum Gasteiger partial charge on any atom is -0.411 e. The Morgan fingerprint density at radius 1 is 0.333 bits per heavy atom. The van der Waals surface area contributed by atoms with E-state index in [4.69, 9.17) is 0 Å². The summed E-state index contributed by atoms with van der Waals surface area (Å²) in [5.41, 5.74) is 6.29. The first-order chi connectivity index (χ1) is 23.6. The van der Waals surface area contributed by atoms with E-state index in [1.54, 1.807) is 0 Å². The molecule has 0 spiro atoms. The van der Waals surface area contributed by atoms with Crippen molar-refractivity contribution >= 4 is 34.2 Å². The van der Waals surface area contributed by atoms with Crippen LogP contribution in [0.1, 0.15) is 22.3 Å². The highest BCUT2D eigenvalue weighted by Crippen LogP contribution is 2.24. The minimum absolute atomic E-state index is 0.208. The van der Waals surface area contributed by atoms with Gasteiger partial charge in [-0.3, -0.25) is 0 Å². The van der Waals surface area contributed by atoms with Crippen molar-refractivity contribution in [2.24, 2.45) is 20.6 Å². The second kappa shape index (κ2) is 16.8. The lowest BCUT2D eigenvalue weighted by Crippen LogP contribution is -2.36. The summed E-state index contributed by atoms with van der Waals surface area (Å²) in [5, 5.41) is 54.5. The maximum atomic E-state index is 10.0. The molecule has 0 atom stereocenters. The van der Waals surface area contributed by atoms with Gasteiger partial charge in [0.1, 0.15) is 22.8 Å². The van der Waals surface area contributed by atoms with Crippen molar-refractivity contribution in [3.63, 3.8) is 0 Å². The number of hydrogen-bond acceptors (Lipinski definition) is 10. The second-order valence-electron chi connectivity index (χ2n) is 10.9. The van der Waals surface area contributed by atoms with Crippen molar-refractivity contribution in [3.05, 3.63) is 168 Å². The molecule has 0 fully saturated rings. The molecule has 0 aromatic heterocycles. The molecule has 0 heterocycles. The summed E-state index contributed by atoms with van der Waals surface area (Å²) < 4.78 is 0. The van der Waals surface area contributed by atoms with E-state index in [9.17, 15) is 20.8 Å². The first-order valence-corrected chi connectivity index (χ1v) is 15.3. The van der Waals surface area contributed by atoms with Crippen LogP contribution in [-0.2, 0) is 0 Å². The number of nitrogens with zero attached hydrogens (tertiary/aromatic N) is 6. The van der Waals surface area contributed by atoms with Crippen LogP contribution in [-0.4, -0.2) is 69.9 Å². The zero-order chi connectivity index (χ0) is 33.6. The van der Waals surface area contributed by atoms with Gasteiger partial charge in [0.15, 0.2) is 0 Å². The quantitative estimate of drug-likeness (QED) is 0.0598. The molecule has 10 heteroatoms. The van der Waals surface area contributed by atoms with E-state index >= 15 is 0 Å². The average molecular weight is 641 g/mol. The third-order valence-corrected chi connectivity index (χ3v) is 7.85. The van der Waals surface area contributed by atoms with Gasteiger partial charge in [0, 0.05) is 33.6 Å². The van der Waals surface area contributed by atoms with Crippen molar-refractivity contribution in [3.8, 4) is 0 Å². The molecule has 0 aliphatic heterocycles. The molecular weight excluding hydrogens is 604 g/mol. The van der Waals surface area contributed by atoms with Crippen molar-refractivity contribution in [2.45, 2.75) is 0 Å². The maximum absolute atomic E-state index is 10.0. The van der Waals surface area contributed by atoms with Gasteiger partial charge in [-0.25, -0.2) is 0 Å². The lowest BCUT2D eigenvalue weighted by atomic mass is 10.1. The van der Waals surface area contributed by atoms with E-state index < -0.39 is 0 Å². The summed E-state index contributed by atoms with van der Waals surface area (Å²) in [6.45, 7) is 0.834. The molecule has 48 heavy (non-hydrogen) atoms. The zero-order valence-corrected chi connectivity index (χ0v) is 26.2. The molecule has 4 N–H and O–H groups in total. The Kier molecular flexibility index (Phi) is 11.5. The topological polar surface area (TPSA) is 137 Å². The smallest absolute Gasteiger partial charge is 0.106 e. The van der Waals surface area contributed by atoms with Gasteiger partial charge >= 0.3 is 0 Å². The van der Waals surface area contributed by atoms with Gasteiger partial charge in [-0.1, -0.05) is 142 Å². The lowest BCUT2D eigenvalue weighted by molar-refractivity contribution is 0.317. The summed E-state index contributed by atoms with van der Waals surface area (Å²) in [4.78, 5) is 3.90. The Morgan fingerprint density at radius 3 is 0.729 bits per heavy atom. The summed E-state index contributed by atoms with van der Waals surface area (Å²) in [6.07, 6.45) is 0. The van der Waals surface area contributed by atoms with Crippen molar-refractivity contribution in [2.75, 3.05) is 36.0 Å². The molecule has 0 aliphatic carbocycles. The van der Waals surface area contributed by atoms with Gasteiger partial charge in [0.2, 0.25) is 0 Å². The normalized spacial score (nSPS) is 12.5. The van der Waals surface area contributed by atoms with Crippen molar-refractivity contribution in [1.29, 1.82) is 0 Å². The zero-order valence-electron chi connectivity index (χ0n) is 26.2. The van der Waals surface area contributed by atoms with Crippen LogP contribution in [0.15, 0.2) is 166 Å². The van der Waals surface area contributed by atoms with Crippen LogP contribution in [0, 0.1) is 0 Å². The van der Waals surface area contributed by atoms with E-state index in [1.807, 2.05) is 155 Å². The van der Waals surface area contributed by atoms with Crippen LogP contribution in [0.5, 0.6) is 0 Å². The fraction of sp³-hybridized carbons (Fsp3) is 0.105. The number of anilines is 2. The highest BCUT2D eigenvalue weighted by atomic mass is 16.4. The van der Waals surface area contributed by atoms with E-state index in [-0.39, 0.29) is 26.2 Å². The molecule has 5 aromatic carbocycles. The van der Waals surface area contributed by atoms with Gasteiger partial charge in [0.05, 0.1) is 26.2 Å². The molecular formula is C38H36N6O4. The number of rotatable bonds is 14. The molecule has 242 valence electrons. The predicted molar refractivity (Wildman–Crippen MR) is 190 cm³/mol. The number of hydrogen-bond donors (Lipinski definition) is 4. The first kappa shape index (κ1) is 33.0. The SMILES string of the molecule is O/N=C(\CN(C/C(=N/O)c1ccccc1)c1ccc(N(C/C(=N/O)c2ccccc2)C/C(=N/O)c2ccccc2)cc1)c1ccccc1. The van der Waals surface area contributed by atoms with Crippen LogP contribution < -0.4 is 9.80 Å². The third-order valence-electron chi connectivity index (χ3n) is 7.85. The molecule has 5 aromatic rings. The van der Waals surface area contributed by atoms with E-state index in [1.165, 1.54) is 0 Å². The van der Waals surface area contributed by atoms with Gasteiger partial charge in [-0.05, 0) is 24.3 Å². The molecule has 0 saturated heterocycles. The van der Waals surface area contributed by atoms with Crippen molar-refractivity contribution in [1.82, 2.24) is 0 Å². The second-order valence-corrected chi connectivity index (χ2v) is 10.9. The fourth-order valence-corrected chi connectivity index (χ4v) is 5.32. The molecule has 0 aliphatic rings. The van der Waals surface area contributed by atoms with E-state index in [2.05, 4.69) is 20.6 Å². The molecule has 0 radical (unpaired) electrons. The summed E-state index contributed by atoms with van der Waals surface area (Å²) in [6, 6.07) is 45.1. The van der Waals surface area contributed by atoms with E-state index in [0.717, 1.165) is 33.6 Å². The Balaban J connectivity index is 1.49.